The second-order valence-electron chi connectivity index (χ2n) is 3.58. The molecule has 2 rings (SSSR count). The lowest BCUT2D eigenvalue weighted by Crippen LogP contribution is -1.95. The highest BCUT2D eigenvalue weighted by molar-refractivity contribution is 5.72. The summed E-state index contributed by atoms with van der Waals surface area (Å²) in [5.41, 5.74) is 10.4. The fourth-order valence-corrected chi connectivity index (χ4v) is 1.49. The van der Waals surface area contributed by atoms with Crippen molar-refractivity contribution in [2.75, 3.05) is 5.73 Å². The third-order valence-electron chi connectivity index (χ3n) is 2.24. The molecule has 2 N–H and O–H groups in total. The molecule has 0 fully saturated rings. The van der Waals surface area contributed by atoms with Crippen LogP contribution < -0.4 is 5.73 Å². The van der Waals surface area contributed by atoms with Crippen molar-refractivity contribution in [1.29, 1.82) is 0 Å². The molecule has 0 unspecified atom stereocenters. The van der Waals surface area contributed by atoms with Gasteiger partial charge < -0.3 is 5.73 Å². The summed E-state index contributed by atoms with van der Waals surface area (Å²) in [6.07, 6.45) is 1.77. The van der Waals surface area contributed by atoms with Gasteiger partial charge in [-0.25, -0.2) is 0 Å². The Morgan fingerprint density at radius 2 is 1.87 bits per heavy atom. The number of aryl methyl sites for hydroxylation is 2. The van der Waals surface area contributed by atoms with Gasteiger partial charge in [0.1, 0.15) is 0 Å². The van der Waals surface area contributed by atoms with E-state index in [2.05, 4.69) is 9.97 Å². The zero-order valence-corrected chi connectivity index (χ0v) is 8.86. The van der Waals surface area contributed by atoms with Crippen LogP contribution in [0.3, 0.4) is 0 Å². The quantitative estimate of drug-likeness (QED) is 0.767. The van der Waals surface area contributed by atoms with Crippen LogP contribution in [0.2, 0.25) is 0 Å². The summed E-state index contributed by atoms with van der Waals surface area (Å²) in [5, 5.41) is 0. The Balaban J connectivity index is 2.58. The van der Waals surface area contributed by atoms with Crippen molar-refractivity contribution in [3.05, 3.63) is 41.9 Å². The number of nitrogens with zero attached hydrogens (tertiary/aromatic N) is 2. The standard InChI is InChI=1S/C12H13N3/c1-8-3-4-11(13)12(15-8)10-5-6-14-9(2)7-10/h3-7H,13H2,1-2H3. The van der Waals surface area contributed by atoms with Crippen molar-refractivity contribution in [3.63, 3.8) is 0 Å². The predicted molar refractivity (Wildman–Crippen MR) is 61.4 cm³/mol. The Morgan fingerprint density at radius 1 is 1.07 bits per heavy atom. The molecule has 0 saturated carbocycles. The Kier molecular flexibility index (Phi) is 2.37. The van der Waals surface area contributed by atoms with Crippen LogP contribution in [0.1, 0.15) is 11.4 Å². The Labute approximate surface area is 89.0 Å². The highest BCUT2D eigenvalue weighted by atomic mass is 14.8. The van der Waals surface area contributed by atoms with E-state index in [1.54, 1.807) is 6.20 Å². The zero-order valence-electron chi connectivity index (χ0n) is 8.86. The SMILES string of the molecule is Cc1cc(-c2nc(C)ccc2N)ccn1. The van der Waals surface area contributed by atoms with E-state index in [4.69, 9.17) is 5.73 Å². The highest BCUT2D eigenvalue weighted by Gasteiger charge is 2.04. The second-order valence-corrected chi connectivity index (χ2v) is 3.58. The largest absolute Gasteiger partial charge is 0.397 e. The molecular weight excluding hydrogens is 186 g/mol. The molecule has 0 saturated heterocycles. The van der Waals surface area contributed by atoms with Crippen LogP contribution >= 0.6 is 0 Å². The first-order valence-electron chi connectivity index (χ1n) is 4.83. The molecule has 3 nitrogen and oxygen atoms in total. The fraction of sp³-hybridized carbons (Fsp3) is 0.167. The summed E-state index contributed by atoms with van der Waals surface area (Å²) in [6, 6.07) is 7.70. The van der Waals surface area contributed by atoms with E-state index in [9.17, 15) is 0 Å². The Bertz CT molecular complexity index is 492. The third-order valence-corrected chi connectivity index (χ3v) is 2.24. The first-order chi connectivity index (χ1) is 7.16. The van der Waals surface area contributed by atoms with Crippen LogP contribution in [0.25, 0.3) is 11.3 Å². The van der Waals surface area contributed by atoms with Gasteiger partial charge in [0, 0.05) is 23.1 Å². The molecule has 0 aliphatic rings. The van der Waals surface area contributed by atoms with Crippen molar-refractivity contribution < 1.29 is 0 Å². The van der Waals surface area contributed by atoms with Crippen LogP contribution in [-0.2, 0) is 0 Å². The van der Waals surface area contributed by atoms with Gasteiger partial charge >= 0.3 is 0 Å². The van der Waals surface area contributed by atoms with Crippen molar-refractivity contribution in [1.82, 2.24) is 9.97 Å². The van der Waals surface area contributed by atoms with Gasteiger partial charge in [0.15, 0.2) is 0 Å². The van der Waals surface area contributed by atoms with E-state index in [1.807, 2.05) is 38.1 Å². The molecule has 0 aromatic carbocycles. The van der Waals surface area contributed by atoms with E-state index in [0.29, 0.717) is 5.69 Å². The van der Waals surface area contributed by atoms with Crippen molar-refractivity contribution in [2.24, 2.45) is 0 Å². The minimum absolute atomic E-state index is 0.700. The summed E-state index contributed by atoms with van der Waals surface area (Å²) in [6.45, 7) is 3.91. The summed E-state index contributed by atoms with van der Waals surface area (Å²) in [5.74, 6) is 0. The number of nitrogens with two attached hydrogens (primary N) is 1. The van der Waals surface area contributed by atoms with Gasteiger partial charge in [-0.2, -0.15) is 0 Å². The van der Waals surface area contributed by atoms with Crippen LogP contribution in [-0.4, -0.2) is 9.97 Å². The van der Waals surface area contributed by atoms with E-state index in [-0.39, 0.29) is 0 Å². The average molecular weight is 199 g/mol. The first kappa shape index (κ1) is 9.65. The maximum atomic E-state index is 5.89. The van der Waals surface area contributed by atoms with Gasteiger partial charge in [-0.05, 0) is 38.1 Å². The summed E-state index contributed by atoms with van der Waals surface area (Å²) >= 11 is 0. The Hall–Kier alpha value is -1.90. The molecule has 2 heterocycles. The topological polar surface area (TPSA) is 51.8 Å². The molecule has 0 spiro atoms. The minimum atomic E-state index is 0.700. The zero-order chi connectivity index (χ0) is 10.8. The molecule has 0 aliphatic carbocycles. The molecule has 15 heavy (non-hydrogen) atoms. The fourth-order valence-electron chi connectivity index (χ4n) is 1.49. The summed E-state index contributed by atoms with van der Waals surface area (Å²) in [4.78, 5) is 8.58. The smallest absolute Gasteiger partial charge is 0.0935 e. The van der Waals surface area contributed by atoms with Gasteiger partial charge in [0.25, 0.3) is 0 Å². The molecule has 0 radical (unpaired) electrons. The first-order valence-corrected chi connectivity index (χ1v) is 4.83. The number of pyridine rings is 2. The lowest BCUT2D eigenvalue weighted by atomic mass is 10.1. The van der Waals surface area contributed by atoms with E-state index in [1.165, 1.54) is 0 Å². The van der Waals surface area contributed by atoms with Gasteiger partial charge in [-0.1, -0.05) is 0 Å². The van der Waals surface area contributed by atoms with Crippen molar-refractivity contribution in [2.45, 2.75) is 13.8 Å². The third kappa shape index (κ3) is 1.96. The van der Waals surface area contributed by atoms with Crippen LogP contribution in [0.4, 0.5) is 5.69 Å². The lowest BCUT2D eigenvalue weighted by Gasteiger charge is -2.06. The molecule has 3 heteroatoms. The number of rotatable bonds is 1. The molecule has 0 amide bonds. The lowest BCUT2D eigenvalue weighted by molar-refractivity contribution is 1.17. The normalized spacial score (nSPS) is 10.3. The molecule has 0 atom stereocenters. The number of hydrogen-bond donors (Lipinski definition) is 1. The number of aromatic nitrogens is 2. The monoisotopic (exact) mass is 199 g/mol. The molecule has 2 aromatic heterocycles. The molecule has 2 aromatic rings. The highest BCUT2D eigenvalue weighted by Crippen LogP contribution is 2.23. The summed E-state index contributed by atoms with van der Waals surface area (Å²) < 4.78 is 0. The van der Waals surface area contributed by atoms with E-state index < -0.39 is 0 Å². The molecule has 0 aliphatic heterocycles. The number of anilines is 1. The minimum Gasteiger partial charge on any atom is -0.397 e. The number of nitrogen functional groups attached to an aromatic ring is 1. The molecule has 0 bridgehead atoms. The van der Waals surface area contributed by atoms with Gasteiger partial charge in [0.2, 0.25) is 0 Å². The van der Waals surface area contributed by atoms with E-state index in [0.717, 1.165) is 22.6 Å². The maximum Gasteiger partial charge on any atom is 0.0935 e. The van der Waals surface area contributed by atoms with Gasteiger partial charge in [-0.3, -0.25) is 9.97 Å². The molecule has 76 valence electrons. The van der Waals surface area contributed by atoms with Crippen LogP contribution in [0.15, 0.2) is 30.5 Å². The molecular formula is C12H13N3. The van der Waals surface area contributed by atoms with Gasteiger partial charge in [-0.15, -0.1) is 0 Å². The Morgan fingerprint density at radius 3 is 2.60 bits per heavy atom. The van der Waals surface area contributed by atoms with Crippen molar-refractivity contribution >= 4 is 5.69 Å². The maximum absolute atomic E-state index is 5.89. The van der Waals surface area contributed by atoms with Crippen LogP contribution in [0, 0.1) is 13.8 Å². The second kappa shape index (κ2) is 3.69. The van der Waals surface area contributed by atoms with E-state index >= 15 is 0 Å². The van der Waals surface area contributed by atoms with Crippen LogP contribution in [0.5, 0.6) is 0 Å². The predicted octanol–water partition coefficient (Wildman–Crippen LogP) is 2.34. The number of hydrogen-bond acceptors (Lipinski definition) is 3. The summed E-state index contributed by atoms with van der Waals surface area (Å²) in [7, 11) is 0. The van der Waals surface area contributed by atoms with Crippen molar-refractivity contribution in [3.8, 4) is 11.3 Å². The van der Waals surface area contributed by atoms with Gasteiger partial charge in [0.05, 0.1) is 11.4 Å². The average Bonchev–Trinajstić information content (AvgIpc) is 2.22.